The van der Waals surface area contributed by atoms with Gasteiger partial charge in [0.15, 0.2) is 5.82 Å². The SMILES string of the molecule is CC(O)N1CCC(Nc2cc3c(c(N)c2F)c(=O)c(C(=O)O)c2n3C(C)(C)CC2)CC1. The zero-order chi connectivity index (χ0) is 22.7. The number of aliphatic hydroxyl groups excluding tert-OH is 1. The number of aliphatic hydroxyl groups is 1. The molecule has 0 radical (unpaired) electrons. The second-order valence-electron chi connectivity index (χ2n) is 9.24. The predicted molar refractivity (Wildman–Crippen MR) is 117 cm³/mol. The number of hydrogen-bond donors (Lipinski definition) is 4. The maximum absolute atomic E-state index is 15.2. The molecule has 4 rings (SSSR count). The van der Waals surface area contributed by atoms with Crippen LogP contribution in [0, 0.1) is 5.82 Å². The molecule has 0 amide bonds. The summed E-state index contributed by atoms with van der Waals surface area (Å²) >= 11 is 0. The molecule has 2 aromatic rings. The summed E-state index contributed by atoms with van der Waals surface area (Å²) in [6.45, 7) is 7.03. The molecule has 2 aliphatic heterocycles. The van der Waals surface area contributed by atoms with Crippen LogP contribution < -0.4 is 16.5 Å². The Bertz CT molecular complexity index is 1120. The normalized spacial score (nSPS) is 20.0. The molecular weight excluding hydrogens is 403 g/mol. The zero-order valence-corrected chi connectivity index (χ0v) is 18.0. The molecule has 0 aliphatic carbocycles. The van der Waals surface area contributed by atoms with Crippen LogP contribution in [0.4, 0.5) is 15.8 Å². The highest BCUT2D eigenvalue weighted by atomic mass is 19.1. The molecule has 5 N–H and O–H groups in total. The fourth-order valence-corrected chi connectivity index (χ4v) is 5.02. The summed E-state index contributed by atoms with van der Waals surface area (Å²) in [6.07, 6.45) is 2.06. The van der Waals surface area contributed by atoms with Crippen LogP contribution in [0.5, 0.6) is 0 Å². The van der Waals surface area contributed by atoms with Crippen LogP contribution in [0.3, 0.4) is 0 Å². The molecule has 2 aliphatic rings. The van der Waals surface area contributed by atoms with Crippen LogP contribution in [0.25, 0.3) is 10.9 Å². The van der Waals surface area contributed by atoms with Gasteiger partial charge in [-0.15, -0.1) is 0 Å². The first-order valence-electron chi connectivity index (χ1n) is 10.6. The van der Waals surface area contributed by atoms with Gasteiger partial charge in [0.25, 0.3) is 0 Å². The fourth-order valence-electron chi connectivity index (χ4n) is 5.02. The van der Waals surface area contributed by atoms with Crippen molar-refractivity contribution >= 4 is 28.2 Å². The van der Waals surface area contributed by atoms with Gasteiger partial charge in [0.2, 0.25) is 5.43 Å². The lowest BCUT2D eigenvalue weighted by atomic mass is 10.0. The van der Waals surface area contributed by atoms with Crippen LogP contribution in [0.15, 0.2) is 10.9 Å². The van der Waals surface area contributed by atoms with Crippen LogP contribution in [0.1, 0.15) is 56.1 Å². The number of piperidine rings is 1. The number of aromatic carboxylic acids is 1. The van der Waals surface area contributed by atoms with E-state index >= 15 is 4.39 Å². The number of nitrogens with zero attached hydrogens (tertiary/aromatic N) is 2. The summed E-state index contributed by atoms with van der Waals surface area (Å²) in [5.74, 6) is -2.06. The number of fused-ring (bicyclic) bond motifs is 3. The third-order valence-corrected chi connectivity index (χ3v) is 6.74. The minimum Gasteiger partial charge on any atom is -0.477 e. The maximum atomic E-state index is 15.2. The highest BCUT2D eigenvalue weighted by molar-refractivity contribution is 6.00. The number of nitrogens with two attached hydrogens (primary N) is 1. The summed E-state index contributed by atoms with van der Waals surface area (Å²) in [7, 11) is 0. The van der Waals surface area contributed by atoms with Gasteiger partial charge in [-0.2, -0.15) is 0 Å². The fraction of sp³-hybridized carbons (Fsp3) is 0.545. The minimum absolute atomic E-state index is 0.00239. The van der Waals surface area contributed by atoms with Gasteiger partial charge in [-0.1, -0.05) is 0 Å². The number of nitrogen functional groups attached to an aromatic ring is 1. The number of pyridine rings is 1. The van der Waals surface area contributed by atoms with E-state index in [9.17, 15) is 19.8 Å². The number of carbonyl (C=O) groups is 1. The van der Waals surface area contributed by atoms with Gasteiger partial charge in [-0.25, -0.2) is 9.18 Å². The third kappa shape index (κ3) is 3.45. The molecule has 0 bridgehead atoms. The van der Waals surface area contributed by atoms with Gasteiger partial charge in [0.1, 0.15) is 11.8 Å². The number of hydrogen-bond acceptors (Lipinski definition) is 6. The van der Waals surface area contributed by atoms with Gasteiger partial charge in [-0.05, 0) is 52.5 Å². The number of nitrogens with one attached hydrogen (secondary N) is 1. The van der Waals surface area contributed by atoms with E-state index in [4.69, 9.17) is 5.73 Å². The van der Waals surface area contributed by atoms with Crippen LogP contribution >= 0.6 is 0 Å². The van der Waals surface area contributed by atoms with E-state index in [1.54, 1.807) is 13.0 Å². The highest BCUT2D eigenvalue weighted by Gasteiger charge is 2.36. The lowest BCUT2D eigenvalue weighted by Crippen LogP contribution is -2.43. The average molecular weight is 432 g/mol. The van der Waals surface area contributed by atoms with Crippen molar-refractivity contribution in [3.8, 4) is 0 Å². The summed E-state index contributed by atoms with van der Waals surface area (Å²) in [6, 6.07) is 1.59. The Morgan fingerprint density at radius 3 is 2.58 bits per heavy atom. The molecule has 9 heteroatoms. The summed E-state index contributed by atoms with van der Waals surface area (Å²) in [4.78, 5) is 26.8. The first kappa shape index (κ1) is 21.6. The van der Waals surface area contributed by atoms with Crippen LogP contribution in [0.2, 0.25) is 0 Å². The lowest BCUT2D eigenvalue weighted by Gasteiger charge is -2.34. The number of likely N-dealkylation sites (tertiary alicyclic amines) is 1. The summed E-state index contributed by atoms with van der Waals surface area (Å²) < 4.78 is 17.1. The van der Waals surface area contributed by atoms with E-state index in [0.717, 1.165) is 12.8 Å². The van der Waals surface area contributed by atoms with E-state index in [2.05, 4.69) is 5.32 Å². The minimum atomic E-state index is -1.32. The maximum Gasteiger partial charge on any atom is 0.341 e. The Kier molecular flexibility index (Phi) is 5.21. The smallest absolute Gasteiger partial charge is 0.341 e. The number of benzene rings is 1. The summed E-state index contributed by atoms with van der Waals surface area (Å²) in [5, 5.41) is 22.5. The molecule has 1 aromatic heterocycles. The van der Waals surface area contributed by atoms with E-state index in [-0.39, 0.29) is 28.4 Å². The number of halogens is 1. The monoisotopic (exact) mass is 432 g/mol. The van der Waals surface area contributed by atoms with Gasteiger partial charge in [-0.3, -0.25) is 9.69 Å². The van der Waals surface area contributed by atoms with Gasteiger partial charge >= 0.3 is 5.97 Å². The molecule has 3 heterocycles. The Morgan fingerprint density at radius 1 is 1.35 bits per heavy atom. The molecule has 0 spiro atoms. The molecule has 1 unspecified atom stereocenters. The Balaban J connectivity index is 1.84. The molecule has 8 nitrogen and oxygen atoms in total. The molecule has 1 atom stereocenters. The number of carboxylic acid groups (broad SMARTS) is 1. The molecular formula is C22H29FN4O4. The van der Waals surface area contributed by atoms with E-state index in [0.29, 0.717) is 37.1 Å². The first-order valence-corrected chi connectivity index (χ1v) is 10.6. The Morgan fingerprint density at radius 2 is 2.00 bits per heavy atom. The second-order valence-corrected chi connectivity index (χ2v) is 9.24. The van der Waals surface area contributed by atoms with Crippen molar-refractivity contribution in [1.82, 2.24) is 9.47 Å². The molecule has 1 fully saturated rings. The van der Waals surface area contributed by atoms with E-state index in [1.165, 1.54) is 0 Å². The number of rotatable bonds is 4. The first-order chi connectivity index (χ1) is 14.5. The van der Waals surface area contributed by atoms with Crippen molar-refractivity contribution in [3.05, 3.63) is 33.4 Å². The van der Waals surface area contributed by atoms with Crippen molar-refractivity contribution in [2.45, 2.75) is 64.3 Å². The van der Waals surface area contributed by atoms with Crippen molar-refractivity contribution in [2.75, 3.05) is 24.1 Å². The second kappa shape index (κ2) is 7.49. The molecule has 168 valence electrons. The topological polar surface area (TPSA) is 121 Å². The Hall–Kier alpha value is -2.65. The standard InChI is InChI=1S/C22H29FN4O4/c1-11(28)26-8-5-12(6-9-26)25-13-10-15-16(19(24)18(13)23)20(29)17(21(30)31)14-4-7-22(2,3)27(14)15/h10-12,25,28H,4-9,24H2,1-3H3,(H,30,31). The third-order valence-electron chi connectivity index (χ3n) is 6.74. The van der Waals surface area contributed by atoms with Crippen LogP contribution in [-0.2, 0) is 12.0 Å². The quantitative estimate of drug-likeness (QED) is 0.547. The van der Waals surface area contributed by atoms with Gasteiger partial charge < -0.3 is 25.8 Å². The number of anilines is 2. The van der Waals surface area contributed by atoms with Gasteiger partial charge in [0.05, 0.1) is 22.3 Å². The lowest BCUT2D eigenvalue weighted by molar-refractivity contribution is 0.00476. The molecule has 0 saturated carbocycles. The molecule has 31 heavy (non-hydrogen) atoms. The average Bonchev–Trinajstić information content (AvgIpc) is 3.00. The number of carboxylic acids is 1. The molecule has 1 saturated heterocycles. The zero-order valence-electron chi connectivity index (χ0n) is 18.0. The molecule has 1 aromatic carbocycles. The number of aromatic nitrogens is 1. The largest absolute Gasteiger partial charge is 0.477 e. The van der Waals surface area contributed by atoms with Gasteiger partial charge in [0, 0.05) is 30.4 Å². The van der Waals surface area contributed by atoms with Crippen molar-refractivity contribution < 1.29 is 19.4 Å². The van der Waals surface area contributed by atoms with Crippen molar-refractivity contribution in [1.29, 1.82) is 0 Å². The van der Waals surface area contributed by atoms with Crippen molar-refractivity contribution in [2.24, 2.45) is 0 Å². The van der Waals surface area contributed by atoms with E-state index in [1.807, 2.05) is 23.3 Å². The van der Waals surface area contributed by atoms with Crippen molar-refractivity contribution in [3.63, 3.8) is 0 Å². The predicted octanol–water partition coefficient (Wildman–Crippen LogP) is 2.32. The van der Waals surface area contributed by atoms with E-state index < -0.39 is 29.0 Å². The van der Waals surface area contributed by atoms with Crippen LogP contribution in [-0.4, -0.2) is 51.0 Å². The summed E-state index contributed by atoms with van der Waals surface area (Å²) in [5.41, 5.74) is 5.37. The Labute approximate surface area is 179 Å². The highest BCUT2D eigenvalue weighted by Crippen LogP contribution is 2.39.